The van der Waals surface area contributed by atoms with Crippen LogP contribution < -0.4 is 0 Å². The smallest absolute Gasteiger partial charge is 0.373 e. The predicted octanol–water partition coefficient (Wildman–Crippen LogP) is 2.72. The Bertz CT molecular complexity index is 603. The largest absolute Gasteiger partial charge is 0.478 e. The Morgan fingerprint density at radius 1 is 1.13 bits per heavy atom. The Balaban J connectivity index is 2.15. The van der Waals surface area contributed by atoms with Crippen molar-refractivity contribution in [2.24, 2.45) is 5.92 Å². The number of hydrogen-bond acceptors (Lipinski definition) is 5. The summed E-state index contributed by atoms with van der Waals surface area (Å²) < 4.78 is 15.5. The number of carbonyl (C=O) groups excluding carboxylic acids is 2. The molecule has 0 N–H and O–H groups in total. The number of ether oxygens (including phenoxy) is 3. The first-order chi connectivity index (χ1) is 11.2. The van der Waals surface area contributed by atoms with Gasteiger partial charge in [-0.1, -0.05) is 36.4 Å². The van der Waals surface area contributed by atoms with Gasteiger partial charge < -0.3 is 14.2 Å². The highest BCUT2D eigenvalue weighted by Crippen LogP contribution is 2.27. The minimum Gasteiger partial charge on any atom is -0.478 e. The van der Waals surface area contributed by atoms with Crippen molar-refractivity contribution in [1.82, 2.24) is 0 Å². The molecule has 2 atom stereocenters. The number of benzene rings is 1. The molecule has 1 aromatic rings. The lowest BCUT2D eigenvalue weighted by molar-refractivity contribution is -0.149. The molecule has 122 valence electrons. The van der Waals surface area contributed by atoms with Crippen LogP contribution in [0.3, 0.4) is 0 Å². The summed E-state index contributed by atoms with van der Waals surface area (Å²) in [5.74, 6) is -1.60. The van der Waals surface area contributed by atoms with E-state index in [0.29, 0.717) is 0 Å². The van der Waals surface area contributed by atoms with Gasteiger partial charge in [0.25, 0.3) is 0 Å². The van der Waals surface area contributed by atoms with Gasteiger partial charge in [0.2, 0.25) is 5.76 Å². The summed E-state index contributed by atoms with van der Waals surface area (Å²) in [5, 5.41) is 0. The van der Waals surface area contributed by atoms with E-state index < -0.39 is 24.0 Å². The van der Waals surface area contributed by atoms with Gasteiger partial charge in [-0.15, -0.1) is 0 Å². The van der Waals surface area contributed by atoms with Crippen molar-refractivity contribution < 1.29 is 23.8 Å². The van der Waals surface area contributed by atoms with Gasteiger partial charge in [-0.2, -0.15) is 0 Å². The molecule has 2 rings (SSSR count). The summed E-state index contributed by atoms with van der Waals surface area (Å²) in [6.07, 6.45) is 4.47. The molecule has 0 saturated carbocycles. The third kappa shape index (κ3) is 4.45. The van der Waals surface area contributed by atoms with E-state index in [-0.39, 0.29) is 19.0 Å². The van der Waals surface area contributed by atoms with Gasteiger partial charge in [0, 0.05) is 0 Å². The predicted molar refractivity (Wildman–Crippen MR) is 85.2 cm³/mol. The van der Waals surface area contributed by atoms with E-state index in [1.807, 2.05) is 36.4 Å². The fourth-order valence-electron chi connectivity index (χ4n) is 2.21. The third-order valence-corrected chi connectivity index (χ3v) is 3.26. The van der Waals surface area contributed by atoms with Gasteiger partial charge >= 0.3 is 11.9 Å². The fraction of sp³-hybridized carbons (Fsp3) is 0.333. The van der Waals surface area contributed by atoms with Crippen molar-refractivity contribution in [1.29, 1.82) is 0 Å². The van der Waals surface area contributed by atoms with Crippen molar-refractivity contribution in [2.75, 3.05) is 13.2 Å². The average molecular weight is 316 g/mol. The summed E-state index contributed by atoms with van der Waals surface area (Å²) in [7, 11) is 0. The topological polar surface area (TPSA) is 61.8 Å². The number of hydrogen-bond donors (Lipinski definition) is 0. The normalized spacial score (nSPS) is 20.0. The minimum atomic E-state index is -0.658. The maximum Gasteiger partial charge on any atom is 0.373 e. The van der Waals surface area contributed by atoms with Crippen LogP contribution in [0.25, 0.3) is 6.08 Å². The highest BCUT2D eigenvalue weighted by Gasteiger charge is 2.37. The number of carbonyl (C=O) groups is 2. The van der Waals surface area contributed by atoms with Crippen molar-refractivity contribution in [3.63, 3.8) is 0 Å². The Kier molecular flexibility index (Phi) is 5.97. The van der Waals surface area contributed by atoms with Crippen molar-refractivity contribution in [2.45, 2.75) is 20.0 Å². The van der Waals surface area contributed by atoms with Crippen LogP contribution in [0, 0.1) is 5.92 Å². The Morgan fingerprint density at radius 2 is 1.83 bits per heavy atom. The molecular formula is C18H20O5. The van der Waals surface area contributed by atoms with Crippen LogP contribution in [0.5, 0.6) is 0 Å². The molecular weight excluding hydrogens is 296 g/mol. The molecule has 0 amide bonds. The summed E-state index contributed by atoms with van der Waals surface area (Å²) in [6.45, 7) is 3.96. The van der Waals surface area contributed by atoms with E-state index in [1.165, 1.54) is 6.08 Å². The zero-order valence-electron chi connectivity index (χ0n) is 13.2. The second kappa shape index (κ2) is 8.17. The Hall–Kier alpha value is -2.56. The molecule has 1 aliphatic heterocycles. The summed E-state index contributed by atoms with van der Waals surface area (Å²) in [5.41, 5.74) is 0.975. The van der Waals surface area contributed by atoms with Gasteiger partial charge in [-0.05, 0) is 31.6 Å². The molecule has 0 unspecified atom stereocenters. The van der Waals surface area contributed by atoms with E-state index in [1.54, 1.807) is 19.9 Å². The number of esters is 2. The molecule has 0 bridgehead atoms. The first kappa shape index (κ1) is 16.8. The van der Waals surface area contributed by atoms with Crippen molar-refractivity contribution in [3.05, 3.63) is 53.8 Å². The van der Waals surface area contributed by atoms with Crippen LogP contribution in [0.2, 0.25) is 0 Å². The monoisotopic (exact) mass is 316 g/mol. The van der Waals surface area contributed by atoms with E-state index >= 15 is 0 Å². The molecule has 5 nitrogen and oxygen atoms in total. The molecule has 23 heavy (non-hydrogen) atoms. The van der Waals surface area contributed by atoms with Crippen LogP contribution >= 0.6 is 0 Å². The van der Waals surface area contributed by atoms with Gasteiger partial charge in [-0.3, -0.25) is 4.79 Å². The molecule has 0 aromatic heterocycles. The molecule has 0 spiro atoms. The van der Waals surface area contributed by atoms with Crippen LogP contribution in [-0.4, -0.2) is 31.3 Å². The SMILES string of the molecule is CCOC(=O)C1=C[C@@H](C(=O)OCC)[C@@H](/C=C/c2ccccc2)O1. The van der Waals surface area contributed by atoms with Crippen molar-refractivity contribution >= 4 is 18.0 Å². The zero-order valence-corrected chi connectivity index (χ0v) is 13.2. The highest BCUT2D eigenvalue weighted by molar-refractivity contribution is 5.89. The molecule has 1 aliphatic rings. The summed E-state index contributed by atoms with van der Waals surface area (Å²) >= 11 is 0. The zero-order chi connectivity index (χ0) is 16.7. The maximum atomic E-state index is 12.1. The summed E-state index contributed by atoms with van der Waals surface area (Å²) in [4.78, 5) is 23.9. The fourth-order valence-corrected chi connectivity index (χ4v) is 2.21. The van der Waals surface area contributed by atoms with Crippen LogP contribution in [0.4, 0.5) is 0 Å². The van der Waals surface area contributed by atoms with E-state index in [2.05, 4.69) is 0 Å². The standard InChI is InChI=1S/C18H20O5/c1-3-21-17(19)14-12-16(18(20)22-4-2)23-15(14)11-10-13-8-6-5-7-9-13/h5-12,14-15H,3-4H2,1-2H3/b11-10+/t14-,15-/m1/s1. The number of rotatable bonds is 6. The molecule has 0 saturated heterocycles. The van der Waals surface area contributed by atoms with Crippen LogP contribution in [-0.2, 0) is 23.8 Å². The van der Waals surface area contributed by atoms with Gasteiger partial charge in [0.15, 0.2) is 0 Å². The van der Waals surface area contributed by atoms with E-state index in [0.717, 1.165) is 5.56 Å². The first-order valence-corrected chi connectivity index (χ1v) is 7.61. The molecule has 1 heterocycles. The third-order valence-electron chi connectivity index (χ3n) is 3.26. The minimum absolute atomic E-state index is 0.0487. The molecule has 5 heteroatoms. The first-order valence-electron chi connectivity index (χ1n) is 7.61. The Labute approximate surface area is 135 Å². The average Bonchev–Trinajstić information content (AvgIpc) is 2.99. The van der Waals surface area contributed by atoms with Crippen LogP contribution in [0.15, 0.2) is 48.2 Å². The van der Waals surface area contributed by atoms with Crippen molar-refractivity contribution in [3.8, 4) is 0 Å². The molecule has 1 aromatic carbocycles. The Morgan fingerprint density at radius 3 is 2.48 bits per heavy atom. The van der Waals surface area contributed by atoms with Gasteiger partial charge in [0.1, 0.15) is 12.0 Å². The summed E-state index contributed by atoms with van der Waals surface area (Å²) in [6, 6.07) is 9.63. The van der Waals surface area contributed by atoms with Gasteiger partial charge in [0.05, 0.1) is 13.2 Å². The van der Waals surface area contributed by atoms with E-state index in [4.69, 9.17) is 14.2 Å². The lowest BCUT2D eigenvalue weighted by Crippen LogP contribution is -2.25. The van der Waals surface area contributed by atoms with E-state index in [9.17, 15) is 9.59 Å². The second-order valence-corrected chi connectivity index (χ2v) is 4.88. The lowest BCUT2D eigenvalue weighted by atomic mass is 10.0. The lowest BCUT2D eigenvalue weighted by Gasteiger charge is -2.14. The maximum absolute atomic E-state index is 12.1. The quantitative estimate of drug-likeness (QED) is 0.755. The molecule has 0 aliphatic carbocycles. The van der Waals surface area contributed by atoms with Gasteiger partial charge in [-0.25, -0.2) is 4.79 Å². The van der Waals surface area contributed by atoms with Crippen LogP contribution in [0.1, 0.15) is 19.4 Å². The molecule has 0 radical (unpaired) electrons. The molecule has 0 fully saturated rings. The highest BCUT2D eigenvalue weighted by atomic mass is 16.6. The second-order valence-electron chi connectivity index (χ2n) is 4.88.